The molecule has 3 rings (SSSR count). The third-order valence-corrected chi connectivity index (χ3v) is 4.64. The van der Waals surface area contributed by atoms with Gasteiger partial charge in [0.25, 0.3) is 5.91 Å². The number of rotatable bonds is 6. The Labute approximate surface area is 172 Å². The topological polar surface area (TPSA) is 84.5 Å². The SMILES string of the molecule is CC(C)c1nc2c(C(=O)NCc3cccc(CN)c3)cccn2c1NC(C)(C)C. The van der Waals surface area contributed by atoms with Gasteiger partial charge in [0.05, 0.1) is 11.3 Å². The molecule has 0 aliphatic heterocycles. The number of benzene rings is 1. The highest BCUT2D eigenvalue weighted by atomic mass is 16.1. The van der Waals surface area contributed by atoms with E-state index < -0.39 is 0 Å². The van der Waals surface area contributed by atoms with Gasteiger partial charge in [-0.1, -0.05) is 38.1 Å². The molecule has 0 aliphatic rings. The van der Waals surface area contributed by atoms with Gasteiger partial charge in [-0.3, -0.25) is 9.20 Å². The van der Waals surface area contributed by atoms with Crippen LogP contribution in [0.2, 0.25) is 0 Å². The van der Waals surface area contributed by atoms with Crippen LogP contribution in [-0.4, -0.2) is 20.8 Å². The number of nitrogens with zero attached hydrogens (tertiary/aromatic N) is 2. The zero-order valence-corrected chi connectivity index (χ0v) is 17.9. The quantitative estimate of drug-likeness (QED) is 0.590. The number of carbonyl (C=O) groups excluding carboxylic acids is 1. The second-order valence-corrected chi connectivity index (χ2v) is 8.70. The van der Waals surface area contributed by atoms with Gasteiger partial charge in [-0.15, -0.1) is 0 Å². The number of carbonyl (C=O) groups is 1. The van der Waals surface area contributed by atoms with E-state index in [9.17, 15) is 4.79 Å². The molecule has 0 fully saturated rings. The molecule has 0 atom stereocenters. The molecule has 2 heterocycles. The zero-order chi connectivity index (χ0) is 21.2. The Hall–Kier alpha value is -2.86. The van der Waals surface area contributed by atoms with Crippen LogP contribution in [0.15, 0.2) is 42.6 Å². The number of hydrogen-bond donors (Lipinski definition) is 3. The summed E-state index contributed by atoms with van der Waals surface area (Å²) in [7, 11) is 0. The first-order valence-electron chi connectivity index (χ1n) is 10.0. The van der Waals surface area contributed by atoms with E-state index in [0.717, 1.165) is 22.6 Å². The van der Waals surface area contributed by atoms with E-state index in [1.54, 1.807) is 0 Å². The molecule has 6 nitrogen and oxygen atoms in total. The van der Waals surface area contributed by atoms with E-state index in [1.165, 1.54) is 0 Å². The van der Waals surface area contributed by atoms with E-state index in [1.807, 2.05) is 47.0 Å². The molecule has 154 valence electrons. The summed E-state index contributed by atoms with van der Waals surface area (Å²) < 4.78 is 1.98. The maximum Gasteiger partial charge on any atom is 0.255 e. The summed E-state index contributed by atoms with van der Waals surface area (Å²) in [6.07, 6.45) is 1.95. The third kappa shape index (κ3) is 4.77. The Morgan fingerprint density at radius 3 is 2.55 bits per heavy atom. The van der Waals surface area contributed by atoms with Crippen molar-refractivity contribution in [1.29, 1.82) is 0 Å². The van der Waals surface area contributed by atoms with Crippen LogP contribution in [0, 0.1) is 0 Å². The zero-order valence-electron chi connectivity index (χ0n) is 17.9. The van der Waals surface area contributed by atoms with Gasteiger partial charge in [0.1, 0.15) is 5.82 Å². The summed E-state index contributed by atoms with van der Waals surface area (Å²) in [5, 5.41) is 6.56. The lowest BCUT2D eigenvalue weighted by atomic mass is 10.1. The minimum Gasteiger partial charge on any atom is -0.365 e. The second kappa shape index (κ2) is 8.25. The van der Waals surface area contributed by atoms with Crippen LogP contribution in [0.3, 0.4) is 0 Å². The molecule has 29 heavy (non-hydrogen) atoms. The number of aromatic nitrogens is 2. The summed E-state index contributed by atoms with van der Waals surface area (Å²) in [6.45, 7) is 11.5. The fourth-order valence-corrected chi connectivity index (χ4v) is 3.29. The smallest absolute Gasteiger partial charge is 0.255 e. The third-order valence-electron chi connectivity index (χ3n) is 4.64. The number of imidazole rings is 1. The highest BCUT2D eigenvalue weighted by Crippen LogP contribution is 2.29. The van der Waals surface area contributed by atoms with Gasteiger partial charge in [-0.25, -0.2) is 4.98 Å². The molecule has 0 spiro atoms. The number of amides is 1. The van der Waals surface area contributed by atoms with Crippen molar-refractivity contribution < 1.29 is 4.79 Å². The molecule has 0 unspecified atom stereocenters. The van der Waals surface area contributed by atoms with Gasteiger partial charge >= 0.3 is 0 Å². The first kappa shape index (κ1) is 20.9. The van der Waals surface area contributed by atoms with Crippen molar-refractivity contribution in [3.63, 3.8) is 0 Å². The van der Waals surface area contributed by atoms with E-state index >= 15 is 0 Å². The number of nitrogens with one attached hydrogen (secondary N) is 2. The Morgan fingerprint density at radius 2 is 1.90 bits per heavy atom. The summed E-state index contributed by atoms with van der Waals surface area (Å²) in [4.78, 5) is 17.8. The number of hydrogen-bond acceptors (Lipinski definition) is 4. The molecule has 0 bridgehead atoms. The molecule has 0 aliphatic carbocycles. The summed E-state index contributed by atoms with van der Waals surface area (Å²) in [6, 6.07) is 11.6. The van der Waals surface area contributed by atoms with Crippen molar-refractivity contribution in [2.45, 2.75) is 59.2 Å². The van der Waals surface area contributed by atoms with Crippen LogP contribution in [0.4, 0.5) is 5.82 Å². The maximum absolute atomic E-state index is 13.0. The lowest BCUT2D eigenvalue weighted by Gasteiger charge is -2.23. The average molecular weight is 394 g/mol. The Kier molecular flexibility index (Phi) is 5.94. The van der Waals surface area contributed by atoms with Crippen LogP contribution in [0.5, 0.6) is 0 Å². The van der Waals surface area contributed by atoms with Crippen molar-refractivity contribution in [1.82, 2.24) is 14.7 Å². The number of pyridine rings is 1. The van der Waals surface area contributed by atoms with Gasteiger partial charge in [0, 0.05) is 24.8 Å². The van der Waals surface area contributed by atoms with Gasteiger partial charge in [-0.05, 0) is 49.9 Å². The lowest BCUT2D eigenvalue weighted by molar-refractivity contribution is 0.0952. The fourth-order valence-electron chi connectivity index (χ4n) is 3.29. The Balaban J connectivity index is 1.92. The van der Waals surface area contributed by atoms with E-state index in [-0.39, 0.29) is 17.4 Å². The van der Waals surface area contributed by atoms with Crippen LogP contribution in [0.1, 0.15) is 67.7 Å². The van der Waals surface area contributed by atoms with Crippen LogP contribution in [0.25, 0.3) is 5.65 Å². The molecular formula is C23H31N5O. The van der Waals surface area contributed by atoms with E-state index in [0.29, 0.717) is 24.3 Å². The molecule has 6 heteroatoms. The van der Waals surface area contributed by atoms with Crippen molar-refractivity contribution in [2.75, 3.05) is 5.32 Å². The van der Waals surface area contributed by atoms with Crippen molar-refractivity contribution in [3.05, 3.63) is 65.0 Å². The largest absolute Gasteiger partial charge is 0.365 e. The lowest BCUT2D eigenvalue weighted by Crippen LogP contribution is -2.27. The van der Waals surface area contributed by atoms with Crippen molar-refractivity contribution >= 4 is 17.4 Å². The van der Waals surface area contributed by atoms with Crippen LogP contribution < -0.4 is 16.4 Å². The predicted octanol–water partition coefficient (Wildman–Crippen LogP) is 4.06. The second-order valence-electron chi connectivity index (χ2n) is 8.70. The highest BCUT2D eigenvalue weighted by Gasteiger charge is 2.22. The molecular weight excluding hydrogens is 362 g/mol. The van der Waals surface area contributed by atoms with Crippen LogP contribution >= 0.6 is 0 Å². The van der Waals surface area contributed by atoms with Crippen molar-refractivity contribution in [3.8, 4) is 0 Å². The molecule has 4 N–H and O–H groups in total. The number of anilines is 1. The molecule has 1 aromatic carbocycles. The Bertz CT molecular complexity index is 1010. The molecule has 1 amide bonds. The van der Waals surface area contributed by atoms with Crippen LogP contribution in [-0.2, 0) is 13.1 Å². The first-order valence-corrected chi connectivity index (χ1v) is 10.0. The summed E-state index contributed by atoms with van der Waals surface area (Å²) in [5.41, 5.74) is 9.84. The average Bonchev–Trinajstić information content (AvgIpc) is 3.03. The minimum absolute atomic E-state index is 0.119. The fraction of sp³-hybridized carbons (Fsp3) is 0.391. The standard InChI is InChI=1S/C23H31N5O/c1-15(2)19-21(27-23(3,4)5)28-11-7-10-18(20(28)26-19)22(29)25-14-17-9-6-8-16(12-17)13-24/h6-12,15,27H,13-14,24H2,1-5H3,(H,25,29). The summed E-state index contributed by atoms with van der Waals surface area (Å²) >= 11 is 0. The normalized spacial score (nSPS) is 11.8. The van der Waals surface area contributed by atoms with Gasteiger partial charge in [-0.2, -0.15) is 0 Å². The monoisotopic (exact) mass is 393 g/mol. The number of nitrogens with two attached hydrogens (primary N) is 1. The molecule has 0 saturated heterocycles. The maximum atomic E-state index is 13.0. The van der Waals surface area contributed by atoms with Crippen molar-refractivity contribution in [2.24, 2.45) is 5.73 Å². The highest BCUT2D eigenvalue weighted by molar-refractivity contribution is 6.00. The molecule has 0 radical (unpaired) electrons. The van der Waals surface area contributed by atoms with E-state index in [4.69, 9.17) is 10.7 Å². The van der Waals surface area contributed by atoms with Gasteiger partial charge < -0.3 is 16.4 Å². The predicted molar refractivity (Wildman–Crippen MR) is 118 cm³/mol. The number of fused-ring (bicyclic) bond motifs is 1. The van der Waals surface area contributed by atoms with Gasteiger partial charge in [0.2, 0.25) is 0 Å². The first-order chi connectivity index (χ1) is 13.7. The Morgan fingerprint density at radius 1 is 1.17 bits per heavy atom. The van der Waals surface area contributed by atoms with E-state index in [2.05, 4.69) is 45.3 Å². The molecule has 3 aromatic rings. The molecule has 2 aromatic heterocycles. The molecule has 0 saturated carbocycles. The minimum atomic E-state index is -0.142. The van der Waals surface area contributed by atoms with Gasteiger partial charge in [0.15, 0.2) is 5.65 Å². The summed E-state index contributed by atoms with van der Waals surface area (Å²) in [5.74, 6) is 1.03.